The molecule has 2 unspecified atom stereocenters. The predicted molar refractivity (Wildman–Crippen MR) is 29.1 cm³/mol. The second-order valence-electron chi connectivity index (χ2n) is 2.27. The van der Waals surface area contributed by atoms with Crippen molar-refractivity contribution in [1.82, 2.24) is 0 Å². The van der Waals surface area contributed by atoms with E-state index in [4.69, 9.17) is 5.11 Å². The summed E-state index contributed by atoms with van der Waals surface area (Å²) in [5, 5.41) is 38.6. The quantitative estimate of drug-likeness (QED) is 0.499. The molecule has 0 aliphatic heterocycles. The van der Waals surface area contributed by atoms with Crippen LogP contribution in [0.2, 0.25) is 0 Å². The van der Waals surface area contributed by atoms with Crippen LogP contribution in [0.1, 0.15) is 6.42 Å². The maximum Gasteiger partial charge on any atom is 0.102 e. The van der Waals surface area contributed by atoms with Gasteiger partial charge in [-0.15, -0.1) is 0 Å². The number of carboxylic acid groups (broad SMARTS) is 3. The summed E-state index contributed by atoms with van der Waals surface area (Å²) in [6.07, 6.45) is -3.56. The third kappa shape index (κ3) is 4.93. The minimum absolute atomic E-state index is 0. The summed E-state index contributed by atoms with van der Waals surface area (Å²) in [6, 6.07) is 0. The molecule has 0 aromatic rings. The van der Waals surface area contributed by atoms with Crippen molar-refractivity contribution in [3.8, 4) is 0 Å². The van der Waals surface area contributed by atoms with E-state index in [2.05, 4.69) is 0 Å². The fourth-order valence-electron chi connectivity index (χ4n) is 0.668. The van der Waals surface area contributed by atoms with E-state index in [-0.39, 0.29) is 21.1 Å². The Balaban J connectivity index is 0. The Morgan fingerprint density at radius 2 is 1.50 bits per heavy atom. The van der Waals surface area contributed by atoms with E-state index in [1.54, 1.807) is 0 Å². The van der Waals surface area contributed by atoms with Crippen molar-refractivity contribution >= 4 is 17.9 Å². The van der Waals surface area contributed by atoms with E-state index in [0.29, 0.717) is 0 Å². The summed E-state index contributed by atoms with van der Waals surface area (Å²) in [4.78, 5) is 30.0. The minimum atomic E-state index is -2.41. The maximum absolute atomic E-state index is 10.1. The summed E-state index contributed by atoms with van der Waals surface area (Å²) < 4.78 is 0. The van der Waals surface area contributed by atoms with E-state index >= 15 is 0 Å². The van der Waals surface area contributed by atoms with Gasteiger partial charge in [0, 0.05) is 38.9 Å². The van der Waals surface area contributed by atoms with Gasteiger partial charge in [0.1, 0.15) is 6.10 Å². The van der Waals surface area contributed by atoms with E-state index < -0.39 is 36.4 Å². The maximum atomic E-state index is 10.1. The third-order valence-electron chi connectivity index (χ3n) is 1.31. The first-order valence-electron chi connectivity index (χ1n) is 3.16. The molecule has 0 aromatic carbocycles. The average molecular weight is 384 g/mol. The SMILES string of the molecule is O=C([O-])CC(C(=O)[O-])C(O)C(=O)[O-].[Pt]. The number of carbonyl (C=O) groups excluding carboxylic acids is 3. The van der Waals surface area contributed by atoms with Crippen molar-refractivity contribution in [2.24, 2.45) is 5.92 Å². The van der Waals surface area contributed by atoms with Crippen molar-refractivity contribution in [1.29, 1.82) is 0 Å². The fourth-order valence-corrected chi connectivity index (χ4v) is 0.668. The monoisotopic (exact) mass is 384 g/mol. The second-order valence-corrected chi connectivity index (χ2v) is 2.27. The summed E-state index contributed by atoms with van der Waals surface area (Å²) >= 11 is 0. The Bertz CT molecular complexity index is 238. The second kappa shape index (κ2) is 6.50. The summed E-state index contributed by atoms with van der Waals surface area (Å²) in [7, 11) is 0. The Morgan fingerprint density at radius 3 is 1.71 bits per heavy atom. The van der Waals surface area contributed by atoms with Gasteiger partial charge in [0.05, 0.1) is 5.97 Å². The van der Waals surface area contributed by atoms with E-state index in [9.17, 15) is 29.7 Å². The Hall–Kier alpha value is -0.942. The molecular weight excluding hydrogens is 379 g/mol. The van der Waals surface area contributed by atoms with Crippen LogP contribution in [0.15, 0.2) is 0 Å². The third-order valence-corrected chi connectivity index (χ3v) is 1.31. The van der Waals surface area contributed by atoms with Crippen LogP contribution < -0.4 is 15.3 Å². The fraction of sp³-hybridized carbons (Fsp3) is 0.500. The van der Waals surface area contributed by atoms with Gasteiger partial charge >= 0.3 is 0 Å². The average Bonchev–Trinajstić information content (AvgIpc) is 1.97. The van der Waals surface area contributed by atoms with Crippen molar-refractivity contribution in [3.63, 3.8) is 0 Å². The Morgan fingerprint density at radius 1 is 1.07 bits per heavy atom. The number of aliphatic hydroxyl groups excluding tert-OH is 1. The summed E-state index contributed by atoms with van der Waals surface area (Å²) in [6.45, 7) is 0. The van der Waals surface area contributed by atoms with Crippen molar-refractivity contribution < 1.29 is 55.9 Å². The van der Waals surface area contributed by atoms with Crippen LogP contribution in [0.4, 0.5) is 0 Å². The molecule has 1 N–H and O–H groups in total. The molecule has 14 heavy (non-hydrogen) atoms. The molecule has 84 valence electrons. The van der Waals surface area contributed by atoms with Gasteiger partial charge in [-0.3, -0.25) is 0 Å². The van der Waals surface area contributed by atoms with Gasteiger partial charge in [-0.1, -0.05) is 0 Å². The molecule has 0 saturated heterocycles. The largest absolute Gasteiger partial charge is 0.550 e. The van der Waals surface area contributed by atoms with Crippen LogP contribution in [-0.2, 0) is 35.4 Å². The molecule has 0 heterocycles. The molecule has 0 amide bonds. The zero-order valence-electron chi connectivity index (χ0n) is 6.57. The Kier molecular flexibility index (Phi) is 7.21. The first-order valence-corrected chi connectivity index (χ1v) is 3.16. The molecule has 0 aliphatic rings. The molecule has 0 spiro atoms. The molecule has 8 heteroatoms. The Labute approximate surface area is 92.6 Å². The van der Waals surface area contributed by atoms with Crippen molar-refractivity contribution in [3.05, 3.63) is 0 Å². The standard InChI is InChI=1S/C6H8O7.Pt/c7-3(8)1-2(5(10)11)4(9)6(12)13;/h2,4,9H,1H2,(H,7,8)(H,10,11)(H,12,13);/p-3. The van der Waals surface area contributed by atoms with Crippen molar-refractivity contribution in [2.75, 3.05) is 0 Å². The number of hydrogen-bond acceptors (Lipinski definition) is 7. The zero-order chi connectivity index (χ0) is 10.6. The molecule has 7 nitrogen and oxygen atoms in total. The van der Waals surface area contributed by atoms with E-state index in [1.165, 1.54) is 0 Å². The molecule has 0 rings (SSSR count). The van der Waals surface area contributed by atoms with Crippen LogP contribution in [0.5, 0.6) is 0 Å². The molecular formula is C6H5O7Pt-3. The normalized spacial score (nSPS) is 13.5. The van der Waals surface area contributed by atoms with Gasteiger partial charge in [0.2, 0.25) is 0 Å². The van der Waals surface area contributed by atoms with Crippen LogP contribution in [0.25, 0.3) is 0 Å². The predicted octanol–water partition coefficient (Wildman–Crippen LogP) is -5.40. The van der Waals surface area contributed by atoms with Gasteiger partial charge < -0.3 is 34.8 Å². The molecule has 0 saturated carbocycles. The topological polar surface area (TPSA) is 141 Å². The van der Waals surface area contributed by atoms with Gasteiger partial charge in [-0.2, -0.15) is 0 Å². The molecule has 2 atom stereocenters. The molecule has 0 bridgehead atoms. The van der Waals surface area contributed by atoms with Crippen LogP contribution in [0.3, 0.4) is 0 Å². The number of aliphatic carboxylic acids is 3. The van der Waals surface area contributed by atoms with E-state index in [1.807, 2.05) is 0 Å². The molecule has 0 fully saturated rings. The number of carboxylic acids is 3. The number of carbonyl (C=O) groups is 3. The number of rotatable bonds is 5. The van der Waals surface area contributed by atoms with Gasteiger partial charge in [0.25, 0.3) is 0 Å². The van der Waals surface area contributed by atoms with Crippen LogP contribution in [-0.4, -0.2) is 29.1 Å². The molecule has 0 aromatic heterocycles. The van der Waals surface area contributed by atoms with Crippen LogP contribution in [0, 0.1) is 5.92 Å². The zero-order valence-corrected chi connectivity index (χ0v) is 8.85. The number of hydrogen-bond donors (Lipinski definition) is 1. The molecule has 0 aliphatic carbocycles. The first kappa shape index (κ1) is 15.5. The van der Waals surface area contributed by atoms with Crippen molar-refractivity contribution in [2.45, 2.75) is 12.5 Å². The minimum Gasteiger partial charge on any atom is -0.550 e. The van der Waals surface area contributed by atoms with Gasteiger partial charge in [-0.05, 0) is 6.42 Å². The molecule has 0 radical (unpaired) electrons. The number of aliphatic hydroxyl groups is 1. The van der Waals surface area contributed by atoms with Crippen LogP contribution >= 0.6 is 0 Å². The summed E-state index contributed by atoms with van der Waals surface area (Å²) in [5.74, 6) is -7.92. The first-order chi connectivity index (χ1) is 5.86. The van der Waals surface area contributed by atoms with Gasteiger partial charge in [0.15, 0.2) is 0 Å². The van der Waals surface area contributed by atoms with E-state index in [0.717, 1.165) is 0 Å². The summed E-state index contributed by atoms with van der Waals surface area (Å²) in [5.41, 5.74) is 0. The van der Waals surface area contributed by atoms with Gasteiger partial charge in [-0.25, -0.2) is 0 Å². The smallest absolute Gasteiger partial charge is 0.102 e.